The highest BCUT2D eigenvalue weighted by Crippen LogP contribution is 2.18. The monoisotopic (exact) mass is 352 g/mol. The molecule has 0 saturated carbocycles. The third-order valence-electron chi connectivity index (χ3n) is 4.78. The summed E-state index contributed by atoms with van der Waals surface area (Å²) >= 11 is 0. The zero-order valence-corrected chi connectivity index (χ0v) is 15.2. The molecule has 1 saturated heterocycles. The van der Waals surface area contributed by atoms with Crippen LogP contribution in [-0.4, -0.2) is 53.8 Å². The molecule has 1 aliphatic heterocycles. The molecule has 136 valence electrons. The van der Waals surface area contributed by atoms with E-state index in [1.807, 2.05) is 31.2 Å². The van der Waals surface area contributed by atoms with E-state index in [4.69, 9.17) is 0 Å². The first kappa shape index (κ1) is 18.1. The quantitative estimate of drug-likeness (QED) is 0.837. The number of amides is 1. The maximum Gasteiger partial charge on any atom is 0.241 e. The van der Waals surface area contributed by atoms with E-state index in [2.05, 4.69) is 20.1 Å². The van der Waals surface area contributed by atoms with Crippen LogP contribution in [0.4, 0.5) is 11.5 Å². The highest BCUT2D eigenvalue weighted by molar-refractivity contribution is 6.04. The van der Waals surface area contributed by atoms with Crippen LogP contribution in [0.15, 0.2) is 48.7 Å². The van der Waals surface area contributed by atoms with Crippen molar-refractivity contribution in [2.24, 2.45) is 0 Å². The Morgan fingerprint density at radius 2 is 1.73 bits per heavy atom. The summed E-state index contributed by atoms with van der Waals surface area (Å²) < 4.78 is 0. The van der Waals surface area contributed by atoms with Gasteiger partial charge in [-0.25, -0.2) is 4.98 Å². The molecule has 2 aromatic rings. The Balaban J connectivity index is 1.59. The Bertz CT molecular complexity index is 770. The first-order valence-electron chi connectivity index (χ1n) is 8.87. The number of anilines is 2. The Labute approximate surface area is 153 Å². The van der Waals surface area contributed by atoms with Gasteiger partial charge in [0.05, 0.1) is 11.7 Å². The van der Waals surface area contributed by atoms with Gasteiger partial charge in [0, 0.05) is 37.9 Å². The van der Waals surface area contributed by atoms with E-state index in [0.29, 0.717) is 11.3 Å². The first-order chi connectivity index (χ1) is 12.6. The smallest absolute Gasteiger partial charge is 0.241 e. The Hall–Kier alpha value is -2.73. The number of para-hydroxylation sites is 1. The highest BCUT2D eigenvalue weighted by Gasteiger charge is 2.26. The third kappa shape index (κ3) is 4.08. The lowest BCUT2D eigenvalue weighted by molar-refractivity contribution is -0.120. The van der Waals surface area contributed by atoms with Crippen molar-refractivity contribution in [3.8, 4) is 0 Å². The predicted octanol–water partition coefficient (Wildman–Crippen LogP) is 2.43. The molecule has 6 nitrogen and oxygen atoms in total. The summed E-state index contributed by atoms with van der Waals surface area (Å²) in [5, 5.41) is 2.90. The fraction of sp³-hybridized carbons (Fsp3) is 0.350. The van der Waals surface area contributed by atoms with Gasteiger partial charge in [-0.1, -0.05) is 18.2 Å². The average molecular weight is 352 g/mol. The van der Waals surface area contributed by atoms with E-state index in [1.54, 1.807) is 24.4 Å². The maximum absolute atomic E-state index is 12.6. The number of piperazine rings is 1. The summed E-state index contributed by atoms with van der Waals surface area (Å²) in [4.78, 5) is 33.1. The van der Waals surface area contributed by atoms with Crippen LogP contribution in [0.5, 0.6) is 0 Å². The molecule has 1 atom stereocenters. The minimum Gasteiger partial charge on any atom is -0.354 e. The number of carbonyl (C=O) groups is 2. The largest absolute Gasteiger partial charge is 0.354 e. The number of nitrogens with one attached hydrogen (secondary N) is 1. The van der Waals surface area contributed by atoms with Crippen molar-refractivity contribution in [3.63, 3.8) is 0 Å². The average Bonchev–Trinajstić information content (AvgIpc) is 2.68. The Morgan fingerprint density at radius 1 is 1.04 bits per heavy atom. The van der Waals surface area contributed by atoms with Crippen LogP contribution >= 0.6 is 0 Å². The topological polar surface area (TPSA) is 65.5 Å². The van der Waals surface area contributed by atoms with E-state index in [0.717, 1.165) is 32.0 Å². The summed E-state index contributed by atoms with van der Waals surface area (Å²) in [6.07, 6.45) is 1.80. The summed E-state index contributed by atoms with van der Waals surface area (Å²) in [7, 11) is 0. The first-order valence-corrected chi connectivity index (χ1v) is 8.87. The van der Waals surface area contributed by atoms with E-state index >= 15 is 0 Å². The SMILES string of the molecule is CC(=O)c1ccccc1NC(=O)[C@H](C)N1CCN(c2ccccn2)CC1. The van der Waals surface area contributed by atoms with Gasteiger partial charge >= 0.3 is 0 Å². The lowest BCUT2D eigenvalue weighted by Crippen LogP contribution is -2.53. The van der Waals surface area contributed by atoms with Gasteiger partial charge in [0.15, 0.2) is 5.78 Å². The summed E-state index contributed by atoms with van der Waals surface area (Å²) in [5.74, 6) is 0.821. The minimum atomic E-state index is -0.263. The molecular weight excluding hydrogens is 328 g/mol. The summed E-state index contributed by atoms with van der Waals surface area (Å²) in [6, 6.07) is 12.7. The molecule has 1 fully saturated rings. The van der Waals surface area contributed by atoms with Crippen molar-refractivity contribution in [2.45, 2.75) is 19.9 Å². The van der Waals surface area contributed by atoms with Gasteiger partial charge in [0.1, 0.15) is 5.82 Å². The highest BCUT2D eigenvalue weighted by atomic mass is 16.2. The second-order valence-electron chi connectivity index (χ2n) is 6.48. The van der Waals surface area contributed by atoms with Crippen LogP contribution in [0.25, 0.3) is 0 Å². The van der Waals surface area contributed by atoms with Gasteiger partial charge in [0.2, 0.25) is 5.91 Å². The molecule has 1 aliphatic rings. The number of carbonyl (C=O) groups excluding carboxylic acids is 2. The second-order valence-corrected chi connectivity index (χ2v) is 6.48. The number of nitrogens with zero attached hydrogens (tertiary/aromatic N) is 3. The Morgan fingerprint density at radius 3 is 2.38 bits per heavy atom. The van der Waals surface area contributed by atoms with Crippen molar-refractivity contribution >= 4 is 23.2 Å². The van der Waals surface area contributed by atoms with Gasteiger partial charge in [-0.2, -0.15) is 0 Å². The number of rotatable bonds is 5. The van der Waals surface area contributed by atoms with Crippen molar-refractivity contribution in [1.29, 1.82) is 0 Å². The lowest BCUT2D eigenvalue weighted by Gasteiger charge is -2.38. The predicted molar refractivity (Wildman–Crippen MR) is 103 cm³/mol. The third-order valence-corrected chi connectivity index (χ3v) is 4.78. The van der Waals surface area contributed by atoms with Crippen LogP contribution in [0.3, 0.4) is 0 Å². The molecule has 26 heavy (non-hydrogen) atoms. The van der Waals surface area contributed by atoms with Crippen LogP contribution in [-0.2, 0) is 4.79 Å². The summed E-state index contributed by atoms with van der Waals surface area (Å²) in [6.45, 7) is 6.66. The van der Waals surface area contributed by atoms with Crippen molar-refractivity contribution in [1.82, 2.24) is 9.88 Å². The number of aromatic nitrogens is 1. The van der Waals surface area contributed by atoms with Gasteiger partial charge in [-0.05, 0) is 38.1 Å². The zero-order valence-electron chi connectivity index (χ0n) is 15.2. The fourth-order valence-corrected chi connectivity index (χ4v) is 3.18. The number of hydrogen-bond acceptors (Lipinski definition) is 5. The molecule has 1 amide bonds. The molecule has 3 rings (SSSR count). The second kappa shape index (κ2) is 8.10. The number of ketones is 1. The molecule has 0 spiro atoms. The minimum absolute atomic E-state index is 0.0578. The number of Topliss-reactive ketones (excluding diaryl/α,β-unsaturated/α-hetero) is 1. The van der Waals surface area contributed by atoms with Crippen LogP contribution < -0.4 is 10.2 Å². The molecule has 1 aromatic heterocycles. The molecular formula is C20H24N4O2. The van der Waals surface area contributed by atoms with Gasteiger partial charge in [-0.15, -0.1) is 0 Å². The number of hydrogen-bond donors (Lipinski definition) is 1. The lowest BCUT2D eigenvalue weighted by atomic mass is 10.1. The van der Waals surface area contributed by atoms with Gasteiger partial charge in [0.25, 0.3) is 0 Å². The molecule has 0 unspecified atom stereocenters. The molecule has 0 radical (unpaired) electrons. The van der Waals surface area contributed by atoms with E-state index in [-0.39, 0.29) is 17.7 Å². The van der Waals surface area contributed by atoms with Crippen LogP contribution in [0.1, 0.15) is 24.2 Å². The molecule has 0 aliphatic carbocycles. The van der Waals surface area contributed by atoms with Crippen LogP contribution in [0, 0.1) is 0 Å². The van der Waals surface area contributed by atoms with E-state index in [1.165, 1.54) is 6.92 Å². The number of pyridine rings is 1. The van der Waals surface area contributed by atoms with Crippen molar-refractivity contribution in [3.05, 3.63) is 54.2 Å². The fourth-order valence-electron chi connectivity index (χ4n) is 3.18. The molecule has 0 bridgehead atoms. The Kier molecular flexibility index (Phi) is 5.63. The van der Waals surface area contributed by atoms with Gasteiger partial charge < -0.3 is 10.2 Å². The maximum atomic E-state index is 12.6. The van der Waals surface area contributed by atoms with Crippen molar-refractivity contribution < 1.29 is 9.59 Å². The molecule has 6 heteroatoms. The van der Waals surface area contributed by atoms with E-state index < -0.39 is 0 Å². The normalized spacial score (nSPS) is 16.2. The van der Waals surface area contributed by atoms with Crippen LogP contribution in [0.2, 0.25) is 0 Å². The molecule has 1 aromatic carbocycles. The van der Waals surface area contributed by atoms with E-state index in [9.17, 15) is 9.59 Å². The number of benzene rings is 1. The molecule has 1 N–H and O–H groups in total. The van der Waals surface area contributed by atoms with Gasteiger partial charge in [-0.3, -0.25) is 14.5 Å². The summed E-state index contributed by atoms with van der Waals surface area (Å²) in [5.41, 5.74) is 1.11. The standard InChI is InChI=1S/C20H24N4O2/c1-15(20(26)22-18-8-4-3-7-17(18)16(2)25)23-11-13-24(14-12-23)19-9-5-6-10-21-19/h3-10,15H,11-14H2,1-2H3,(H,22,26)/t15-/m0/s1. The van der Waals surface area contributed by atoms with Crippen molar-refractivity contribution in [2.75, 3.05) is 36.4 Å². The zero-order chi connectivity index (χ0) is 18.5. The molecule has 2 heterocycles.